The van der Waals surface area contributed by atoms with Gasteiger partial charge >= 0.3 is 0 Å². The van der Waals surface area contributed by atoms with Crippen molar-refractivity contribution >= 4 is 5.91 Å². The van der Waals surface area contributed by atoms with Crippen molar-refractivity contribution in [3.63, 3.8) is 0 Å². The highest BCUT2D eigenvalue weighted by Gasteiger charge is 2.43. The molecule has 1 aromatic rings. The molecule has 2 rings (SSSR count). The molecular weight excluding hydrogens is 351 g/mol. The lowest BCUT2D eigenvalue weighted by Gasteiger charge is -2.41. The quantitative estimate of drug-likeness (QED) is 0.715. The predicted molar refractivity (Wildman–Crippen MR) is 101 cm³/mol. The van der Waals surface area contributed by atoms with Crippen LogP contribution in [0.2, 0.25) is 0 Å². The topological polar surface area (TPSA) is 73.2 Å². The molecule has 0 unspecified atom stereocenters. The van der Waals surface area contributed by atoms with Crippen LogP contribution in [0.5, 0.6) is 5.75 Å². The molecule has 0 bridgehead atoms. The molecule has 0 radical (unpaired) electrons. The van der Waals surface area contributed by atoms with Gasteiger partial charge in [-0.15, -0.1) is 0 Å². The van der Waals surface area contributed by atoms with Crippen molar-refractivity contribution in [2.75, 3.05) is 40.4 Å². The molecule has 0 spiro atoms. The van der Waals surface area contributed by atoms with Gasteiger partial charge in [-0.3, -0.25) is 4.79 Å². The lowest BCUT2D eigenvalue weighted by atomic mass is 9.89. The second-order valence-corrected chi connectivity index (χ2v) is 8.31. The Kier molecular flexibility index (Phi) is 6.83. The largest absolute Gasteiger partial charge is 0.497 e. The molecular formula is C20H31FN2O4. The molecule has 1 fully saturated rings. The number of benzene rings is 1. The van der Waals surface area contributed by atoms with Gasteiger partial charge < -0.3 is 24.7 Å². The van der Waals surface area contributed by atoms with Crippen molar-refractivity contribution < 1.29 is 24.1 Å². The van der Waals surface area contributed by atoms with Crippen molar-refractivity contribution in [2.24, 2.45) is 5.41 Å². The Morgan fingerprint density at radius 3 is 2.74 bits per heavy atom. The van der Waals surface area contributed by atoms with E-state index in [4.69, 9.17) is 4.74 Å². The van der Waals surface area contributed by atoms with Crippen LogP contribution >= 0.6 is 0 Å². The first-order valence-electron chi connectivity index (χ1n) is 9.24. The molecule has 0 saturated carbocycles. The maximum atomic E-state index is 14.1. The van der Waals surface area contributed by atoms with Crippen LogP contribution in [0.1, 0.15) is 32.3 Å². The maximum absolute atomic E-state index is 14.1. The summed E-state index contributed by atoms with van der Waals surface area (Å²) in [5, 5.41) is 20.4. The van der Waals surface area contributed by atoms with E-state index in [-0.39, 0.29) is 31.0 Å². The number of likely N-dealkylation sites (tertiary alicyclic amines) is 1. The summed E-state index contributed by atoms with van der Waals surface area (Å²) >= 11 is 0. The van der Waals surface area contributed by atoms with Crippen LogP contribution in [0, 0.1) is 11.2 Å². The van der Waals surface area contributed by atoms with Gasteiger partial charge in [0.15, 0.2) is 5.60 Å². The van der Waals surface area contributed by atoms with E-state index in [2.05, 4.69) is 0 Å². The molecule has 1 aromatic carbocycles. The van der Waals surface area contributed by atoms with E-state index in [1.807, 2.05) is 25.8 Å². The number of aliphatic hydroxyl groups is 2. The fourth-order valence-electron chi connectivity index (χ4n) is 3.65. The van der Waals surface area contributed by atoms with Crippen LogP contribution in [-0.2, 0) is 11.3 Å². The average Bonchev–Trinajstić information content (AvgIpc) is 2.60. The van der Waals surface area contributed by atoms with Crippen molar-refractivity contribution in [1.29, 1.82) is 0 Å². The summed E-state index contributed by atoms with van der Waals surface area (Å²) in [7, 11) is 3.33. The molecule has 6 nitrogen and oxygen atoms in total. The number of amides is 1. The summed E-state index contributed by atoms with van der Waals surface area (Å²) in [6.07, 6.45) is 1.01. The van der Waals surface area contributed by atoms with E-state index in [1.165, 1.54) is 24.1 Å². The Balaban J connectivity index is 2.10. The number of ether oxygens (including phenoxy) is 1. The van der Waals surface area contributed by atoms with Gasteiger partial charge in [0.05, 0.1) is 7.11 Å². The second-order valence-electron chi connectivity index (χ2n) is 8.31. The van der Waals surface area contributed by atoms with Crippen molar-refractivity contribution in [3.8, 4) is 5.75 Å². The molecule has 27 heavy (non-hydrogen) atoms. The minimum atomic E-state index is -1.51. The lowest BCUT2D eigenvalue weighted by Crippen LogP contribution is -2.58. The Bertz CT molecular complexity index is 667. The van der Waals surface area contributed by atoms with Crippen LogP contribution in [0.25, 0.3) is 0 Å². The van der Waals surface area contributed by atoms with Crippen LogP contribution in [0.3, 0.4) is 0 Å². The number of likely N-dealkylation sites (N-methyl/N-ethyl adjacent to an activating group) is 1. The molecule has 0 aliphatic carbocycles. The Labute approximate surface area is 160 Å². The molecule has 152 valence electrons. The third-order valence-corrected chi connectivity index (χ3v) is 4.98. The third kappa shape index (κ3) is 5.40. The maximum Gasteiger partial charge on any atom is 0.256 e. The number of halogens is 1. The SMILES string of the molecule is COc1ccc(F)c(CN2CCC[C@@](O)(CN(C)CC(C)(C)CO)C2=O)c1. The van der Waals surface area contributed by atoms with E-state index >= 15 is 0 Å². The predicted octanol–water partition coefficient (Wildman–Crippen LogP) is 1.64. The van der Waals surface area contributed by atoms with E-state index in [9.17, 15) is 19.4 Å². The van der Waals surface area contributed by atoms with Gasteiger partial charge in [-0.2, -0.15) is 0 Å². The first-order valence-corrected chi connectivity index (χ1v) is 9.24. The zero-order valence-electron chi connectivity index (χ0n) is 16.7. The van der Waals surface area contributed by atoms with Gasteiger partial charge in [0.1, 0.15) is 11.6 Å². The number of nitrogens with zero attached hydrogens (tertiary/aromatic N) is 2. The van der Waals surface area contributed by atoms with Gasteiger partial charge in [0, 0.05) is 43.8 Å². The fourth-order valence-corrected chi connectivity index (χ4v) is 3.65. The van der Waals surface area contributed by atoms with E-state index in [0.717, 1.165) is 0 Å². The fraction of sp³-hybridized carbons (Fsp3) is 0.650. The number of carbonyl (C=O) groups is 1. The molecule has 1 atom stereocenters. The summed E-state index contributed by atoms with van der Waals surface area (Å²) in [6.45, 7) is 5.16. The zero-order chi connectivity index (χ0) is 20.2. The molecule has 1 aliphatic rings. The van der Waals surface area contributed by atoms with Crippen molar-refractivity contribution in [1.82, 2.24) is 9.80 Å². The summed E-state index contributed by atoms with van der Waals surface area (Å²) in [5.41, 5.74) is -1.47. The average molecular weight is 382 g/mol. The standard InChI is InChI=1S/C20H31FN2O4/c1-19(2,14-24)12-22(3)13-20(26)8-5-9-23(18(20)25)11-15-10-16(27-4)6-7-17(15)21/h6-7,10,24,26H,5,8-9,11-14H2,1-4H3/t20-/m1/s1. The van der Waals surface area contributed by atoms with Gasteiger partial charge in [0.25, 0.3) is 5.91 Å². The second kappa shape index (κ2) is 8.54. The smallest absolute Gasteiger partial charge is 0.256 e. The molecule has 1 aliphatic heterocycles. The number of hydrogen-bond acceptors (Lipinski definition) is 5. The molecule has 1 amide bonds. The van der Waals surface area contributed by atoms with Gasteiger partial charge in [-0.05, 0) is 38.1 Å². The first-order chi connectivity index (χ1) is 12.6. The molecule has 0 aromatic heterocycles. The number of methoxy groups -OCH3 is 1. The van der Waals surface area contributed by atoms with E-state index in [0.29, 0.717) is 37.2 Å². The molecule has 1 heterocycles. The van der Waals surface area contributed by atoms with Crippen LogP contribution < -0.4 is 4.74 Å². The highest BCUT2D eigenvalue weighted by molar-refractivity contribution is 5.86. The Morgan fingerprint density at radius 1 is 1.41 bits per heavy atom. The van der Waals surface area contributed by atoms with Gasteiger partial charge in [0.2, 0.25) is 0 Å². The lowest BCUT2D eigenvalue weighted by molar-refractivity contribution is -0.160. The Morgan fingerprint density at radius 2 is 2.11 bits per heavy atom. The van der Waals surface area contributed by atoms with Crippen molar-refractivity contribution in [3.05, 3.63) is 29.6 Å². The number of aliphatic hydroxyl groups excluding tert-OH is 1. The van der Waals surface area contributed by atoms with E-state index in [1.54, 1.807) is 6.07 Å². The first kappa shape index (κ1) is 21.6. The number of piperidine rings is 1. The summed E-state index contributed by atoms with van der Waals surface area (Å²) in [5.74, 6) is -0.263. The van der Waals surface area contributed by atoms with Crippen LogP contribution in [-0.4, -0.2) is 71.9 Å². The molecule has 7 heteroatoms. The minimum Gasteiger partial charge on any atom is -0.497 e. The normalized spacial score (nSPS) is 21.0. The van der Waals surface area contributed by atoms with Gasteiger partial charge in [-0.25, -0.2) is 4.39 Å². The highest BCUT2D eigenvalue weighted by atomic mass is 19.1. The van der Waals surface area contributed by atoms with Gasteiger partial charge in [-0.1, -0.05) is 13.8 Å². The van der Waals surface area contributed by atoms with E-state index < -0.39 is 11.4 Å². The molecule has 1 saturated heterocycles. The third-order valence-electron chi connectivity index (χ3n) is 4.98. The van der Waals surface area contributed by atoms with Crippen LogP contribution in [0.4, 0.5) is 4.39 Å². The number of carbonyl (C=O) groups excluding carboxylic acids is 1. The number of hydrogen-bond donors (Lipinski definition) is 2. The summed E-state index contributed by atoms with van der Waals surface area (Å²) in [4.78, 5) is 16.3. The highest BCUT2D eigenvalue weighted by Crippen LogP contribution is 2.27. The Hall–Kier alpha value is -1.70. The number of rotatable bonds is 8. The monoisotopic (exact) mass is 382 g/mol. The summed E-state index contributed by atoms with van der Waals surface area (Å²) < 4.78 is 19.3. The van der Waals surface area contributed by atoms with Crippen molar-refractivity contribution in [2.45, 2.75) is 38.8 Å². The minimum absolute atomic E-state index is 0.0188. The summed E-state index contributed by atoms with van der Waals surface area (Å²) in [6, 6.07) is 4.43. The zero-order valence-corrected chi connectivity index (χ0v) is 16.7. The van der Waals surface area contributed by atoms with Crippen LogP contribution in [0.15, 0.2) is 18.2 Å². The molecule has 2 N–H and O–H groups in total.